The van der Waals surface area contributed by atoms with Crippen LogP contribution >= 0.6 is 0 Å². The summed E-state index contributed by atoms with van der Waals surface area (Å²) in [5, 5.41) is 0. The fraction of sp³-hybridized carbons (Fsp3) is 0.417. The van der Waals surface area contributed by atoms with E-state index in [4.69, 9.17) is 0 Å². The van der Waals surface area contributed by atoms with Gasteiger partial charge in [-0.2, -0.15) is 4.31 Å². The van der Waals surface area contributed by atoms with Crippen molar-refractivity contribution in [1.29, 1.82) is 0 Å². The van der Waals surface area contributed by atoms with Gasteiger partial charge in [-0.1, -0.05) is 35.9 Å². The van der Waals surface area contributed by atoms with E-state index in [0.29, 0.717) is 23.7 Å². The SMILES string of the molecule is Cc1ccc(S(=O)(=O)N2CCN([C@H]3CC(=O)N(c4c(C)cccc4C)C3=O)CC2)c(C)c1. The number of carbonyl (C=O) groups excluding carboxylic acids is 2. The number of para-hydroxylation sites is 1. The molecule has 0 N–H and O–H groups in total. The maximum absolute atomic E-state index is 13.2. The van der Waals surface area contributed by atoms with E-state index in [1.54, 1.807) is 19.1 Å². The van der Waals surface area contributed by atoms with E-state index < -0.39 is 16.1 Å². The molecular weight excluding hydrogens is 426 g/mol. The van der Waals surface area contributed by atoms with Crippen LogP contribution in [-0.4, -0.2) is 61.7 Å². The largest absolute Gasteiger partial charge is 0.289 e. The van der Waals surface area contributed by atoms with Gasteiger partial charge in [0.1, 0.15) is 0 Å². The second kappa shape index (κ2) is 8.42. The second-order valence-corrected chi connectivity index (χ2v) is 10.6. The first kappa shape index (κ1) is 22.6. The molecule has 0 bridgehead atoms. The lowest BCUT2D eigenvalue weighted by atomic mass is 10.1. The van der Waals surface area contributed by atoms with Crippen molar-refractivity contribution in [3.05, 3.63) is 58.7 Å². The van der Waals surface area contributed by atoms with Crippen molar-refractivity contribution in [3.8, 4) is 0 Å². The minimum atomic E-state index is -3.60. The van der Waals surface area contributed by atoms with Crippen molar-refractivity contribution in [2.75, 3.05) is 31.1 Å². The van der Waals surface area contributed by atoms with Crippen LogP contribution in [0, 0.1) is 27.7 Å². The molecule has 2 saturated heterocycles. The zero-order valence-electron chi connectivity index (χ0n) is 19.0. The summed E-state index contributed by atoms with van der Waals surface area (Å²) in [6, 6.07) is 10.5. The number of benzene rings is 2. The molecule has 2 fully saturated rings. The Labute approximate surface area is 189 Å². The van der Waals surface area contributed by atoms with Crippen LogP contribution < -0.4 is 4.90 Å². The van der Waals surface area contributed by atoms with Crippen LogP contribution in [0.25, 0.3) is 0 Å². The third-order valence-corrected chi connectivity index (χ3v) is 8.51. The molecule has 0 spiro atoms. The summed E-state index contributed by atoms with van der Waals surface area (Å²) >= 11 is 0. The summed E-state index contributed by atoms with van der Waals surface area (Å²) in [5.74, 6) is -0.430. The monoisotopic (exact) mass is 455 g/mol. The van der Waals surface area contributed by atoms with Crippen molar-refractivity contribution < 1.29 is 18.0 Å². The number of aryl methyl sites for hydroxylation is 4. The zero-order valence-corrected chi connectivity index (χ0v) is 19.8. The van der Waals surface area contributed by atoms with E-state index >= 15 is 0 Å². The van der Waals surface area contributed by atoms with E-state index in [1.807, 2.05) is 49.9 Å². The van der Waals surface area contributed by atoms with Gasteiger partial charge in [0.05, 0.1) is 23.0 Å². The van der Waals surface area contributed by atoms with Crippen LogP contribution in [0.3, 0.4) is 0 Å². The molecule has 170 valence electrons. The molecule has 2 aliphatic rings. The highest BCUT2D eigenvalue weighted by atomic mass is 32.2. The van der Waals surface area contributed by atoms with Gasteiger partial charge in [0.15, 0.2) is 0 Å². The minimum Gasteiger partial charge on any atom is -0.289 e. The topological polar surface area (TPSA) is 78.0 Å². The van der Waals surface area contributed by atoms with Crippen molar-refractivity contribution in [3.63, 3.8) is 0 Å². The summed E-state index contributed by atoms with van der Waals surface area (Å²) < 4.78 is 27.8. The van der Waals surface area contributed by atoms with Gasteiger partial charge in [0.25, 0.3) is 5.91 Å². The summed E-state index contributed by atoms with van der Waals surface area (Å²) in [6.45, 7) is 8.93. The first-order valence-electron chi connectivity index (χ1n) is 10.9. The average Bonchev–Trinajstić information content (AvgIpc) is 3.02. The molecule has 8 heteroatoms. The Morgan fingerprint density at radius 1 is 0.844 bits per heavy atom. The van der Waals surface area contributed by atoms with Crippen molar-refractivity contribution in [2.45, 2.75) is 45.1 Å². The molecule has 2 aliphatic heterocycles. The molecule has 0 saturated carbocycles. The van der Waals surface area contributed by atoms with Gasteiger partial charge in [0, 0.05) is 26.2 Å². The molecule has 7 nitrogen and oxygen atoms in total. The van der Waals surface area contributed by atoms with Crippen LogP contribution in [0.4, 0.5) is 5.69 Å². The Hall–Kier alpha value is -2.55. The Bertz CT molecular complexity index is 1160. The number of amides is 2. The van der Waals surface area contributed by atoms with Crippen LogP contribution in [-0.2, 0) is 19.6 Å². The van der Waals surface area contributed by atoms with E-state index in [1.165, 1.54) is 9.21 Å². The molecule has 0 aromatic heterocycles. The number of hydrogen-bond acceptors (Lipinski definition) is 5. The Balaban J connectivity index is 1.49. The molecule has 0 unspecified atom stereocenters. The van der Waals surface area contributed by atoms with Crippen LogP contribution in [0.1, 0.15) is 28.7 Å². The normalized spacial score (nSPS) is 20.9. The molecule has 2 amide bonds. The number of nitrogens with zero attached hydrogens (tertiary/aromatic N) is 3. The van der Waals surface area contributed by atoms with E-state index in [-0.39, 0.29) is 31.3 Å². The van der Waals surface area contributed by atoms with Gasteiger partial charge < -0.3 is 0 Å². The van der Waals surface area contributed by atoms with Gasteiger partial charge in [-0.25, -0.2) is 13.3 Å². The molecule has 0 aliphatic carbocycles. The number of rotatable bonds is 4. The number of carbonyl (C=O) groups is 2. The Morgan fingerprint density at radius 2 is 1.47 bits per heavy atom. The molecular formula is C24H29N3O4S. The van der Waals surface area contributed by atoms with Crippen molar-refractivity contribution in [2.24, 2.45) is 0 Å². The minimum absolute atomic E-state index is 0.121. The predicted octanol–water partition coefficient (Wildman–Crippen LogP) is 2.56. The standard InChI is InChI=1S/C24H29N3O4S/c1-16-8-9-21(19(4)14-16)32(30,31)26-12-10-25(11-13-26)20-15-22(28)27(24(20)29)23-17(2)6-5-7-18(23)3/h5-9,14,20H,10-13,15H2,1-4H3/t20-/m0/s1. The molecule has 1 atom stereocenters. The van der Waals surface area contributed by atoms with Gasteiger partial charge in [0.2, 0.25) is 15.9 Å². The lowest BCUT2D eigenvalue weighted by Crippen LogP contribution is -2.53. The number of sulfonamides is 1. The summed E-state index contributed by atoms with van der Waals surface area (Å²) in [7, 11) is -3.60. The molecule has 2 aromatic rings. The third-order valence-electron chi connectivity index (χ3n) is 6.45. The summed E-state index contributed by atoms with van der Waals surface area (Å²) in [5.41, 5.74) is 4.19. The van der Waals surface area contributed by atoms with Crippen molar-refractivity contribution >= 4 is 27.5 Å². The van der Waals surface area contributed by atoms with Crippen LogP contribution in [0.2, 0.25) is 0 Å². The molecule has 32 heavy (non-hydrogen) atoms. The Morgan fingerprint density at radius 3 is 2.06 bits per heavy atom. The van der Waals surface area contributed by atoms with Gasteiger partial charge in [-0.3, -0.25) is 14.5 Å². The zero-order chi connectivity index (χ0) is 23.2. The van der Waals surface area contributed by atoms with E-state index in [9.17, 15) is 18.0 Å². The number of piperazine rings is 1. The van der Waals surface area contributed by atoms with Gasteiger partial charge in [-0.05, 0) is 50.5 Å². The quantitative estimate of drug-likeness (QED) is 0.662. The molecule has 4 rings (SSSR count). The average molecular weight is 456 g/mol. The van der Waals surface area contributed by atoms with Gasteiger partial charge in [-0.15, -0.1) is 0 Å². The maximum Gasteiger partial charge on any atom is 0.251 e. The lowest BCUT2D eigenvalue weighted by Gasteiger charge is -2.36. The second-order valence-electron chi connectivity index (χ2n) is 8.74. The maximum atomic E-state index is 13.2. The van der Waals surface area contributed by atoms with Gasteiger partial charge >= 0.3 is 0 Å². The predicted molar refractivity (Wildman–Crippen MR) is 123 cm³/mol. The highest BCUT2D eigenvalue weighted by Crippen LogP contribution is 2.32. The first-order chi connectivity index (χ1) is 15.1. The highest BCUT2D eigenvalue weighted by molar-refractivity contribution is 7.89. The molecule has 2 heterocycles. The fourth-order valence-corrected chi connectivity index (χ4v) is 6.41. The highest BCUT2D eigenvalue weighted by Gasteiger charge is 2.45. The number of imide groups is 1. The number of hydrogen-bond donors (Lipinski definition) is 0. The fourth-order valence-electron chi connectivity index (χ4n) is 4.78. The van der Waals surface area contributed by atoms with E-state index in [2.05, 4.69) is 0 Å². The molecule has 0 radical (unpaired) electrons. The molecule has 2 aromatic carbocycles. The summed E-state index contributed by atoms with van der Waals surface area (Å²) in [6.07, 6.45) is 0.121. The smallest absolute Gasteiger partial charge is 0.251 e. The summed E-state index contributed by atoms with van der Waals surface area (Å²) in [4.78, 5) is 29.6. The first-order valence-corrected chi connectivity index (χ1v) is 12.3. The Kier molecular flexibility index (Phi) is 5.96. The van der Waals surface area contributed by atoms with Crippen molar-refractivity contribution in [1.82, 2.24) is 9.21 Å². The third kappa shape index (κ3) is 3.87. The lowest BCUT2D eigenvalue weighted by molar-refractivity contribution is -0.123. The van der Waals surface area contributed by atoms with Crippen LogP contribution in [0.15, 0.2) is 41.3 Å². The number of anilines is 1. The van der Waals surface area contributed by atoms with E-state index in [0.717, 1.165) is 22.3 Å². The van der Waals surface area contributed by atoms with Crippen LogP contribution in [0.5, 0.6) is 0 Å².